The minimum Gasteiger partial charge on any atom is -0.322 e. The predicted molar refractivity (Wildman–Crippen MR) is 54.0 cm³/mol. The molecule has 0 radical (unpaired) electrons. The Bertz CT molecular complexity index is 392. The summed E-state index contributed by atoms with van der Waals surface area (Å²) in [6.07, 6.45) is -4.38. The minimum absolute atomic E-state index is 0.0636. The molecule has 3 nitrogen and oxygen atoms in total. The van der Waals surface area contributed by atoms with Gasteiger partial charge in [-0.15, -0.1) is 0 Å². The summed E-state index contributed by atoms with van der Waals surface area (Å²) in [6.45, 7) is -1.80. The molecule has 1 aromatic carbocycles. The first-order chi connectivity index (χ1) is 7.88. The highest BCUT2D eigenvalue weighted by Gasteiger charge is 2.26. The fourth-order valence-corrected chi connectivity index (χ4v) is 1.07. The average molecular weight is 250 g/mol. The summed E-state index contributed by atoms with van der Waals surface area (Å²) in [5.41, 5.74) is -0.0636. The lowest BCUT2D eigenvalue weighted by molar-refractivity contribution is -0.126. The molecule has 0 saturated carbocycles. The Kier molecular flexibility index (Phi) is 4.45. The van der Waals surface area contributed by atoms with E-state index in [2.05, 4.69) is 5.32 Å². The third kappa shape index (κ3) is 5.30. The molecule has 0 aliphatic rings. The van der Waals surface area contributed by atoms with E-state index >= 15 is 0 Å². The van der Waals surface area contributed by atoms with Crippen LogP contribution in [-0.4, -0.2) is 25.2 Å². The molecule has 0 unspecified atom stereocenters. The maximum Gasteiger partial charge on any atom is 0.401 e. The van der Waals surface area contributed by atoms with Crippen molar-refractivity contribution in [3.63, 3.8) is 0 Å². The van der Waals surface area contributed by atoms with E-state index in [-0.39, 0.29) is 5.69 Å². The Morgan fingerprint density at radius 1 is 1.24 bits per heavy atom. The van der Waals surface area contributed by atoms with Gasteiger partial charge in [-0.1, -0.05) is 12.1 Å². The van der Waals surface area contributed by atoms with Crippen molar-refractivity contribution in [2.75, 3.05) is 18.4 Å². The Balaban J connectivity index is 2.38. The molecule has 0 atom stereocenters. The van der Waals surface area contributed by atoms with Crippen molar-refractivity contribution in [3.8, 4) is 0 Å². The van der Waals surface area contributed by atoms with Crippen LogP contribution in [0.5, 0.6) is 0 Å². The number of nitrogens with one attached hydrogen (secondary N) is 2. The third-order valence-electron chi connectivity index (χ3n) is 1.76. The second kappa shape index (κ2) is 5.62. The summed E-state index contributed by atoms with van der Waals surface area (Å²) in [5, 5.41) is 4.06. The number of hydrogen-bond donors (Lipinski definition) is 2. The van der Waals surface area contributed by atoms with E-state index in [1.54, 1.807) is 0 Å². The van der Waals surface area contributed by atoms with Gasteiger partial charge < -0.3 is 10.6 Å². The average Bonchev–Trinajstić information content (AvgIpc) is 2.19. The van der Waals surface area contributed by atoms with Gasteiger partial charge in [0.15, 0.2) is 0 Å². The van der Waals surface area contributed by atoms with Crippen LogP contribution < -0.4 is 10.6 Å². The molecule has 0 spiro atoms. The standard InChI is InChI=1S/C10H10F4N2O/c11-7-3-1-2-4-8(7)16-9(17)5-15-6-10(12,13)14/h1-4,15H,5-6H2,(H,16,17). The highest BCUT2D eigenvalue weighted by Crippen LogP contribution is 2.13. The predicted octanol–water partition coefficient (Wildman–Crippen LogP) is 1.92. The summed E-state index contributed by atoms with van der Waals surface area (Å²) in [5.74, 6) is -1.38. The molecule has 0 fully saturated rings. The molecule has 1 amide bonds. The largest absolute Gasteiger partial charge is 0.401 e. The van der Waals surface area contributed by atoms with Gasteiger partial charge in [0, 0.05) is 0 Å². The molecule has 0 saturated heterocycles. The SMILES string of the molecule is O=C(CNCC(F)(F)F)Nc1ccccc1F. The molecule has 0 aromatic heterocycles. The van der Waals surface area contributed by atoms with Crippen molar-refractivity contribution in [1.82, 2.24) is 5.32 Å². The fraction of sp³-hybridized carbons (Fsp3) is 0.300. The summed E-state index contributed by atoms with van der Waals surface area (Å²) in [4.78, 5) is 11.1. The first-order valence-corrected chi connectivity index (χ1v) is 4.70. The quantitative estimate of drug-likeness (QED) is 0.801. The van der Waals surface area contributed by atoms with Crippen LogP contribution >= 0.6 is 0 Å². The summed E-state index contributed by atoms with van der Waals surface area (Å²) >= 11 is 0. The molecule has 0 bridgehead atoms. The zero-order valence-corrected chi connectivity index (χ0v) is 8.64. The zero-order valence-electron chi connectivity index (χ0n) is 8.64. The highest BCUT2D eigenvalue weighted by atomic mass is 19.4. The molecule has 1 rings (SSSR count). The van der Waals surface area contributed by atoms with Crippen LogP contribution in [0.3, 0.4) is 0 Å². The van der Waals surface area contributed by atoms with Gasteiger partial charge >= 0.3 is 6.18 Å². The molecule has 2 N–H and O–H groups in total. The number of amides is 1. The Morgan fingerprint density at radius 3 is 2.47 bits per heavy atom. The number of carbonyl (C=O) groups is 1. The van der Waals surface area contributed by atoms with Crippen LogP contribution in [0.15, 0.2) is 24.3 Å². The molecule has 7 heteroatoms. The monoisotopic (exact) mass is 250 g/mol. The van der Waals surface area contributed by atoms with E-state index in [0.717, 1.165) is 6.07 Å². The number of alkyl halides is 3. The molecule has 17 heavy (non-hydrogen) atoms. The number of benzene rings is 1. The van der Waals surface area contributed by atoms with Gasteiger partial charge in [0.2, 0.25) is 5.91 Å². The van der Waals surface area contributed by atoms with Gasteiger partial charge in [-0.25, -0.2) is 4.39 Å². The number of anilines is 1. The normalized spacial score (nSPS) is 11.3. The lowest BCUT2D eigenvalue weighted by Crippen LogP contribution is -2.35. The van der Waals surface area contributed by atoms with Crippen LogP contribution in [-0.2, 0) is 4.79 Å². The van der Waals surface area contributed by atoms with Gasteiger partial charge in [0.25, 0.3) is 0 Å². The van der Waals surface area contributed by atoms with E-state index in [1.165, 1.54) is 18.2 Å². The molecule has 0 aliphatic heterocycles. The number of carbonyl (C=O) groups excluding carboxylic acids is 1. The van der Waals surface area contributed by atoms with Gasteiger partial charge in [-0.2, -0.15) is 13.2 Å². The molecule has 0 heterocycles. The lowest BCUT2D eigenvalue weighted by Gasteiger charge is -2.09. The van der Waals surface area contributed by atoms with E-state index < -0.39 is 31.0 Å². The van der Waals surface area contributed by atoms with Crippen LogP contribution in [0.25, 0.3) is 0 Å². The van der Waals surface area contributed by atoms with Gasteiger partial charge in [-0.05, 0) is 12.1 Å². The highest BCUT2D eigenvalue weighted by molar-refractivity contribution is 5.92. The van der Waals surface area contributed by atoms with Crippen molar-refractivity contribution in [3.05, 3.63) is 30.1 Å². The number of hydrogen-bond acceptors (Lipinski definition) is 2. The Morgan fingerprint density at radius 2 is 1.88 bits per heavy atom. The van der Waals surface area contributed by atoms with Crippen molar-refractivity contribution in [2.24, 2.45) is 0 Å². The van der Waals surface area contributed by atoms with Crippen LogP contribution in [0.4, 0.5) is 23.2 Å². The van der Waals surface area contributed by atoms with Crippen molar-refractivity contribution < 1.29 is 22.4 Å². The van der Waals surface area contributed by atoms with Crippen LogP contribution in [0.1, 0.15) is 0 Å². The maximum atomic E-state index is 13.0. The van der Waals surface area contributed by atoms with Gasteiger partial charge in [-0.3, -0.25) is 4.79 Å². The van der Waals surface area contributed by atoms with E-state index in [4.69, 9.17) is 0 Å². The Labute approximate surface area is 94.8 Å². The summed E-state index contributed by atoms with van der Waals surface area (Å²) in [6, 6.07) is 5.39. The summed E-state index contributed by atoms with van der Waals surface area (Å²) in [7, 11) is 0. The smallest absolute Gasteiger partial charge is 0.322 e. The minimum atomic E-state index is -4.38. The van der Waals surface area contributed by atoms with Crippen molar-refractivity contribution in [2.45, 2.75) is 6.18 Å². The second-order valence-corrected chi connectivity index (χ2v) is 3.25. The molecular weight excluding hydrogens is 240 g/mol. The number of para-hydroxylation sites is 1. The molecule has 94 valence electrons. The van der Waals surface area contributed by atoms with Crippen molar-refractivity contribution in [1.29, 1.82) is 0 Å². The van der Waals surface area contributed by atoms with E-state index in [1.807, 2.05) is 5.32 Å². The molecule has 1 aromatic rings. The first-order valence-electron chi connectivity index (χ1n) is 4.70. The van der Waals surface area contributed by atoms with E-state index in [9.17, 15) is 22.4 Å². The first kappa shape index (κ1) is 13.4. The molecule has 0 aliphatic carbocycles. The van der Waals surface area contributed by atoms with Gasteiger partial charge in [0.1, 0.15) is 5.82 Å². The molecular formula is C10H10F4N2O. The number of rotatable bonds is 4. The van der Waals surface area contributed by atoms with Crippen LogP contribution in [0, 0.1) is 5.82 Å². The lowest BCUT2D eigenvalue weighted by atomic mass is 10.3. The number of halogens is 4. The summed E-state index contributed by atoms with van der Waals surface area (Å²) < 4.78 is 48.3. The Hall–Kier alpha value is -1.63. The van der Waals surface area contributed by atoms with Crippen LogP contribution in [0.2, 0.25) is 0 Å². The fourth-order valence-electron chi connectivity index (χ4n) is 1.07. The zero-order chi connectivity index (χ0) is 12.9. The second-order valence-electron chi connectivity index (χ2n) is 3.25. The van der Waals surface area contributed by atoms with Crippen molar-refractivity contribution >= 4 is 11.6 Å². The maximum absolute atomic E-state index is 13.0. The van der Waals surface area contributed by atoms with E-state index in [0.29, 0.717) is 0 Å². The third-order valence-corrected chi connectivity index (χ3v) is 1.76. The van der Waals surface area contributed by atoms with Gasteiger partial charge in [0.05, 0.1) is 18.8 Å². The topological polar surface area (TPSA) is 41.1 Å².